The van der Waals surface area contributed by atoms with Gasteiger partial charge in [-0.3, -0.25) is 0 Å². The van der Waals surface area contributed by atoms with E-state index in [1.165, 1.54) is 12.5 Å². The lowest BCUT2D eigenvalue weighted by Crippen LogP contribution is -2.33. The van der Waals surface area contributed by atoms with Crippen LogP contribution in [0.5, 0.6) is 5.75 Å². The minimum Gasteiger partial charge on any atom is -0.490 e. The normalized spacial score (nSPS) is 20.8. The lowest BCUT2D eigenvalue weighted by Gasteiger charge is -2.22. The van der Waals surface area contributed by atoms with Gasteiger partial charge in [-0.25, -0.2) is 4.39 Å². The number of hydrogen-bond donors (Lipinski definition) is 1. The van der Waals surface area contributed by atoms with E-state index in [1.807, 2.05) is 0 Å². The van der Waals surface area contributed by atoms with E-state index in [1.54, 1.807) is 12.1 Å². The molecule has 0 unspecified atom stereocenters. The Bertz CT molecular complexity index is 353. The highest BCUT2D eigenvalue weighted by Gasteiger charge is 2.14. The maximum atomic E-state index is 13.4. The molecule has 0 bridgehead atoms. The third-order valence-corrected chi connectivity index (χ3v) is 3.26. The molecule has 1 aliphatic heterocycles. The molecule has 1 fully saturated rings. The zero-order chi connectivity index (χ0) is 11.4. The van der Waals surface area contributed by atoms with Gasteiger partial charge < -0.3 is 10.1 Å². The Hall–Kier alpha value is -0.610. The van der Waals surface area contributed by atoms with Crippen LogP contribution in [0.4, 0.5) is 4.39 Å². The molecule has 0 aliphatic carbocycles. The molecule has 0 aromatic heterocycles. The van der Waals surface area contributed by atoms with Crippen LogP contribution in [0.3, 0.4) is 0 Å². The summed E-state index contributed by atoms with van der Waals surface area (Å²) in [5.74, 6) is 0.531. The van der Waals surface area contributed by atoms with Crippen molar-refractivity contribution in [1.82, 2.24) is 5.32 Å². The molecule has 1 saturated heterocycles. The lowest BCUT2D eigenvalue weighted by atomic mass is 10.0. The maximum absolute atomic E-state index is 13.4. The zero-order valence-corrected chi connectivity index (χ0v) is 10.6. The van der Waals surface area contributed by atoms with Crippen LogP contribution in [0.1, 0.15) is 12.8 Å². The molecule has 0 saturated carbocycles. The first kappa shape index (κ1) is 11.9. The van der Waals surface area contributed by atoms with Crippen molar-refractivity contribution in [2.45, 2.75) is 12.8 Å². The second kappa shape index (κ2) is 5.64. The molecule has 1 aromatic carbocycles. The average Bonchev–Trinajstić information content (AvgIpc) is 2.29. The molecule has 1 aromatic rings. The fourth-order valence-corrected chi connectivity index (χ4v) is 2.20. The van der Waals surface area contributed by atoms with E-state index < -0.39 is 0 Å². The molecule has 1 heterocycles. The number of ether oxygens (including phenoxy) is 1. The van der Waals surface area contributed by atoms with Crippen molar-refractivity contribution in [1.29, 1.82) is 0 Å². The van der Waals surface area contributed by atoms with Crippen molar-refractivity contribution >= 4 is 15.9 Å². The predicted molar refractivity (Wildman–Crippen MR) is 65.2 cm³/mol. The van der Waals surface area contributed by atoms with Gasteiger partial charge in [-0.2, -0.15) is 0 Å². The van der Waals surface area contributed by atoms with Gasteiger partial charge >= 0.3 is 0 Å². The largest absolute Gasteiger partial charge is 0.490 e. The predicted octanol–water partition coefficient (Wildman–Crippen LogP) is 2.97. The molecule has 88 valence electrons. The fourth-order valence-electron chi connectivity index (χ4n) is 1.87. The summed E-state index contributed by atoms with van der Waals surface area (Å²) >= 11 is 3.22. The van der Waals surface area contributed by atoms with Gasteiger partial charge in [-0.05, 0) is 37.6 Å². The Kier molecular flexibility index (Phi) is 4.18. The Labute approximate surface area is 103 Å². The SMILES string of the molecule is Fc1cc(Br)ccc1OC[C@@H]1CCCNC1. The Morgan fingerprint density at radius 2 is 2.38 bits per heavy atom. The van der Waals surface area contributed by atoms with Gasteiger partial charge in [0.15, 0.2) is 11.6 Å². The van der Waals surface area contributed by atoms with Crippen molar-refractivity contribution in [3.05, 3.63) is 28.5 Å². The van der Waals surface area contributed by atoms with Crippen LogP contribution in [0, 0.1) is 11.7 Å². The van der Waals surface area contributed by atoms with E-state index >= 15 is 0 Å². The van der Waals surface area contributed by atoms with E-state index in [4.69, 9.17) is 4.74 Å². The minimum absolute atomic E-state index is 0.307. The molecule has 2 rings (SSSR count). The maximum Gasteiger partial charge on any atom is 0.166 e. The molecule has 4 heteroatoms. The van der Waals surface area contributed by atoms with Crippen LogP contribution < -0.4 is 10.1 Å². The van der Waals surface area contributed by atoms with Crippen molar-refractivity contribution in [2.24, 2.45) is 5.92 Å². The number of nitrogens with one attached hydrogen (secondary N) is 1. The molecule has 0 radical (unpaired) electrons. The standard InChI is InChI=1S/C12H15BrFNO/c13-10-3-4-12(11(14)6-10)16-8-9-2-1-5-15-7-9/h3-4,6,9,15H,1-2,5,7-8H2/t9-/m1/s1. The summed E-state index contributed by atoms with van der Waals surface area (Å²) in [5.41, 5.74) is 0. The van der Waals surface area contributed by atoms with E-state index in [-0.39, 0.29) is 5.82 Å². The number of halogens is 2. The molecule has 0 amide bonds. The third kappa shape index (κ3) is 3.19. The lowest BCUT2D eigenvalue weighted by molar-refractivity contribution is 0.211. The highest BCUT2D eigenvalue weighted by atomic mass is 79.9. The molecular formula is C12H15BrFNO. The van der Waals surface area contributed by atoms with E-state index in [2.05, 4.69) is 21.2 Å². The van der Waals surface area contributed by atoms with E-state index in [0.29, 0.717) is 18.3 Å². The van der Waals surface area contributed by atoms with Gasteiger partial charge in [0.1, 0.15) is 0 Å². The van der Waals surface area contributed by atoms with Crippen LogP contribution >= 0.6 is 15.9 Å². The summed E-state index contributed by atoms with van der Waals surface area (Å²) in [4.78, 5) is 0. The summed E-state index contributed by atoms with van der Waals surface area (Å²) in [6.07, 6.45) is 2.34. The Morgan fingerprint density at radius 1 is 1.50 bits per heavy atom. The highest BCUT2D eigenvalue weighted by molar-refractivity contribution is 9.10. The number of piperidine rings is 1. The van der Waals surface area contributed by atoms with Gasteiger partial charge in [0.25, 0.3) is 0 Å². The van der Waals surface area contributed by atoms with Crippen LogP contribution in [-0.2, 0) is 0 Å². The molecule has 16 heavy (non-hydrogen) atoms. The Morgan fingerprint density at radius 3 is 3.06 bits per heavy atom. The first-order valence-corrected chi connectivity index (χ1v) is 6.33. The summed E-state index contributed by atoms with van der Waals surface area (Å²) in [7, 11) is 0. The topological polar surface area (TPSA) is 21.3 Å². The van der Waals surface area contributed by atoms with Crippen molar-refractivity contribution in [3.63, 3.8) is 0 Å². The van der Waals surface area contributed by atoms with Crippen LogP contribution in [0.15, 0.2) is 22.7 Å². The first-order valence-electron chi connectivity index (χ1n) is 5.54. The third-order valence-electron chi connectivity index (χ3n) is 2.77. The minimum atomic E-state index is -0.307. The quantitative estimate of drug-likeness (QED) is 0.923. The van der Waals surface area contributed by atoms with Gasteiger partial charge in [-0.15, -0.1) is 0 Å². The smallest absolute Gasteiger partial charge is 0.166 e. The number of hydrogen-bond acceptors (Lipinski definition) is 2. The fraction of sp³-hybridized carbons (Fsp3) is 0.500. The molecule has 0 spiro atoms. The summed E-state index contributed by atoms with van der Waals surface area (Å²) in [6, 6.07) is 4.88. The average molecular weight is 288 g/mol. The van der Waals surface area contributed by atoms with E-state index in [9.17, 15) is 4.39 Å². The molecule has 1 atom stereocenters. The molecule has 2 nitrogen and oxygen atoms in total. The second-order valence-electron chi connectivity index (χ2n) is 4.10. The molecular weight excluding hydrogens is 273 g/mol. The van der Waals surface area contributed by atoms with Crippen LogP contribution in [0.25, 0.3) is 0 Å². The van der Waals surface area contributed by atoms with Gasteiger partial charge in [0, 0.05) is 16.9 Å². The van der Waals surface area contributed by atoms with Gasteiger partial charge in [0.05, 0.1) is 6.61 Å². The highest BCUT2D eigenvalue weighted by Crippen LogP contribution is 2.22. The van der Waals surface area contributed by atoms with E-state index in [0.717, 1.165) is 24.0 Å². The summed E-state index contributed by atoms with van der Waals surface area (Å²) in [5, 5.41) is 3.31. The summed E-state index contributed by atoms with van der Waals surface area (Å²) < 4.78 is 19.7. The number of benzene rings is 1. The van der Waals surface area contributed by atoms with Gasteiger partial charge in [0.2, 0.25) is 0 Å². The van der Waals surface area contributed by atoms with Crippen molar-refractivity contribution in [3.8, 4) is 5.75 Å². The molecule has 1 aliphatic rings. The monoisotopic (exact) mass is 287 g/mol. The second-order valence-corrected chi connectivity index (χ2v) is 5.01. The summed E-state index contributed by atoms with van der Waals surface area (Å²) in [6.45, 7) is 2.65. The van der Waals surface area contributed by atoms with Crippen molar-refractivity contribution in [2.75, 3.05) is 19.7 Å². The zero-order valence-electron chi connectivity index (χ0n) is 9.01. The first-order chi connectivity index (χ1) is 7.75. The number of rotatable bonds is 3. The van der Waals surface area contributed by atoms with Gasteiger partial charge in [-0.1, -0.05) is 15.9 Å². The van der Waals surface area contributed by atoms with Crippen LogP contribution in [0.2, 0.25) is 0 Å². The molecule has 1 N–H and O–H groups in total. The van der Waals surface area contributed by atoms with Crippen LogP contribution in [-0.4, -0.2) is 19.7 Å². The Balaban J connectivity index is 1.88. The van der Waals surface area contributed by atoms with Crippen molar-refractivity contribution < 1.29 is 9.13 Å².